The average molecular weight is 608 g/mol. The van der Waals surface area contributed by atoms with Crippen LogP contribution in [0.4, 0.5) is 0 Å². The van der Waals surface area contributed by atoms with E-state index in [1.165, 1.54) is 21.0 Å². The van der Waals surface area contributed by atoms with Gasteiger partial charge in [-0.1, -0.05) is 17.7 Å². The number of benzene rings is 1. The van der Waals surface area contributed by atoms with E-state index in [1.54, 1.807) is 32.3 Å². The van der Waals surface area contributed by atoms with E-state index in [2.05, 4.69) is 10.3 Å². The molecule has 0 bridgehead atoms. The van der Waals surface area contributed by atoms with Crippen molar-refractivity contribution in [3.8, 4) is 0 Å². The molecule has 3 aromatic rings. The molecule has 1 saturated heterocycles. The molecule has 0 radical (unpaired) electrons. The molecule has 0 spiro atoms. The van der Waals surface area contributed by atoms with Crippen molar-refractivity contribution in [1.82, 2.24) is 24.4 Å². The highest BCUT2D eigenvalue weighted by molar-refractivity contribution is 7.91. The van der Waals surface area contributed by atoms with E-state index in [1.807, 2.05) is 6.92 Å². The van der Waals surface area contributed by atoms with Gasteiger partial charge in [0, 0.05) is 67.7 Å². The molecule has 214 valence electrons. The van der Waals surface area contributed by atoms with E-state index in [9.17, 15) is 22.8 Å². The van der Waals surface area contributed by atoms with Crippen molar-refractivity contribution in [3.05, 3.63) is 46.1 Å². The first kappa shape index (κ1) is 28.7. The fourth-order valence-electron chi connectivity index (χ4n) is 5.08. The summed E-state index contributed by atoms with van der Waals surface area (Å²) in [5.74, 6) is -0.591. The summed E-state index contributed by atoms with van der Waals surface area (Å²) in [5, 5.41) is 4.22. The van der Waals surface area contributed by atoms with Crippen LogP contribution in [0.1, 0.15) is 52.8 Å². The number of Topliss-reactive ketones (excluding diaryl/α,β-unsaturated/α-hetero) is 1. The molecule has 40 heavy (non-hydrogen) atoms. The molecule has 2 aliphatic rings. The topological polar surface area (TPSA) is 133 Å². The molecule has 0 aliphatic carbocycles. The van der Waals surface area contributed by atoms with Gasteiger partial charge in [0.25, 0.3) is 15.9 Å². The van der Waals surface area contributed by atoms with Crippen molar-refractivity contribution in [1.29, 1.82) is 0 Å². The fourth-order valence-corrected chi connectivity index (χ4v) is 8.78. The first-order valence-electron chi connectivity index (χ1n) is 12.8. The maximum absolute atomic E-state index is 14.0. The number of sulfonamides is 1. The van der Waals surface area contributed by atoms with E-state index in [-0.39, 0.29) is 59.5 Å². The molecule has 5 rings (SSSR count). The van der Waals surface area contributed by atoms with Crippen LogP contribution >= 0.6 is 22.9 Å². The Labute approximate surface area is 241 Å². The average Bonchev–Trinajstić information content (AvgIpc) is 3.49. The number of aromatic nitrogens is 1. The van der Waals surface area contributed by atoms with Crippen molar-refractivity contribution in [2.45, 2.75) is 49.5 Å². The highest BCUT2D eigenvalue weighted by Crippen LogP contribution is 2.38. The van der Waals surface area contributed by atoms with Gasteiger partial charge in [-0.3, -0.25) is 14.4 Å². The Kier molecular flexibility index (Phi) is 7.79. The van der Waals surface area contributed by atoms with Crippen molar-refractivity contribution < 1.29 is 27.2 Å². The number of oxazole rings is 1. The normalized spacial score (nSPS) is 20.0. The quantitative estimate of drug-likeness (QED) is 0.423. The van der Waals surface area contributed by atoms with Crippen molar-refractivity contribution in [2.75, 3.05) is 33.7 Å². The van der Waals surface area contributed by atoms with Gasteiger partial charge in [0.05, 0.1) is 23.8 Å². The summed E-state index contributed by atoms with van der Waals surface area (Å²) in [6.07, 6.45) is 0.533. The van der Waals surface area contributed by atoms with E-state index in [0.717, 1.165) is 17.0 Å². The van der Waals surface area contributed by atoms with E-state index < -0.39 is 22.0 Å². The van der Waals surface area contributed by atoms with Gasteiger partial charge in [-0.25, -0.2) is 13.4 Å². The third-order valence-corrected chi connectivity index (χ3v) is 11.0. The maximum atomic E-state index is 14.0. The monoisotopic (exact) mass is 607 g/mol. The summed E-state index contributed by atoms with van der Waals surface area (Å²) in [6.45, 7) is 3.69. The second-order valence-electron chi connectivity index (χ2n) is 10.3. The third kappa shape index (κ3) is 5.28. The van der Waals surface area contributed by atoms with Gasteiger partial charge in [-0.2, -0.15) is 4.31 Å². The number of hydrogen-bond donors (Lipinski definition) is 1. The molecular formula is C26H30ClN5O6S2. The molecule has 2 atom stereocenters. The first-order chi connectivity index (χ1) is 18.9. The van der Waals surface area contributed by atoms with Crippen LogP contribution in [0.2, 0.25) is 5.02 Å². The number of carbonyl (C=O) groups is 3. The number of ketones is 1. The predicted octanol–water partition coefficient (Wildman–Crippen LogP) is 2.77. The van der Waals surface area contributed by atoms with Crippen LogP contribution in [0.25, 0.3) is 10.1 Å². The molecule has 2 aliphatic heterocycles. The number of nitrogens with one attached hydrogen (secondary N) is 1. The number of carbonyl (C=O) groups excluding carboxylic acids is 3. The first-order valence-corrected chi connectivity index (χ1v) is 15.5. The lowest BCUT2D eigenvalue weighted by atomic mass is 10.1. The van der Waals surface area contributed by atoms with Gasteiger partial charge in [0.15, 0.2) is 5.78 Å². The van der Waals surface area contributed by atoms with Crippen LogP contribution < -0.4 is 5.32 Å². The Morgan fingerprint density at radius 1 is 1.25 bits per heavy atom. The number of thiophene rings is 1. The summed E-state index contributed by atoms with van der Waals surface area (Å²) < 4.78 is 35.5. The molecular weight excluding hydrogens is 578 g/mol. The molecule has 14 heteroatoms. The summed E-state index contributed by atoms with van der Waals surface area (Å²) in [6, 6.07) is 4.32. The molecule has 11 nitrogen and oxygen atoms in total. The second-order valence-corrected chi connectivity index (χ2v) is 14.0. The van der Waals surface area contributed by atoms with E-state index in [4.69, 9.17) is 16.0 Å². The molecule has 1 N–H and O–H groups in total. The lowest BCUT2D eigenvalue weighted by Crippen LogP contribution is -2.57. The zero-order valence-electron chi connectivity index (χ0n) is 22.6. The highest BCUT2D eigenvalue weighted by atomic mass is 35.5. The molecule has 0 saturated carbocycles. The van der Waals surface area contributed by atoms with Gasteiger partial charge in [0.2, 0.25) is 5.91 Å². The second kappa shape index (κ2) is 10.9. The summed E-state index contributed by atoms with van der Waals surface area (Å²) in [5.41, 5.74) is 0.836. The molecule has 2 unspecified atom stereocenters. The number of halogens is 1. The van der Waals surface area contributed by atoms with Gasteiger partial charge in [-0.15, -0.1) is 11.3 Å². The number of hydrogen-bond acceptors (Lipinski definition) is 9. The van der Waals surface area contributed by atoms with Crippen molar-refractivity contribution in [3.63, 3.8) is 0 Å². The van der Waals surface area contributed by atoms with E-state index >= 15 is 0 Å². The van der Waals surface area contributed by atoms with Crippen LogP contribution in [0.5, 0.6) is 0 Å². The van der Waals surface area contributed by atoms with Crippen LogP contribution in [-0.2, 0) is 27.8 Å². The minimum Gasteiger partial charge on any atom is -0.436 e. The van der Waals surface area contributed by atoms with Gasteiger partial charge in [-0.05, 0) is 26.0 Å². The van der Waals surface area contributed by atoms with Crippen molar-refractivity contribution in [2.24, 2.45) is 0 Å². The smallest absolute Gasteiger partial charge is 0.310 e. The SMILES string of the molecule is CC(=O)c1c(S(=O)(=O)N2CCN(C(=O)c3nc4c(o3)CNC(C)C4)C(CC(=O)N(C)C)C2)sc2cc(Cl)ccc12. The minimum absolute atomic E-state index is 0.0217. The number of nitrogens with zero attached hydrogens (tertiary/aromatic N) is 4. The Hall–Kier alpha value is -2.84. The Balaban J connectivity index is 1.47. The maximum Gasteiger partial charge on any atom is 0.310 e. The number of rotatable bonds is 6. The third-order valence-electron chi connectivity index (χ3n) is 7.23. The lowest BCUT2D eigenvalue weighted by molar-refractivity contribution is -0.130. The predicted molar refractivity (Wildman–Crippen MR) is 150 cm³/mol. The van der Waals surface area contributed by atoms with Gasteiger partial charge in [0.1, 0.15) is 9.97 Å². The highest BCUT2D eigenvalue weighted by Gasteiger charge is 2.41. The van der Waals surface area contributed by atoms with E-state index in [0.29, 0.717) is 33.8 Å². The summed E-state index contributed by atoms with van der Waals surface area (Å²) in [4.78, 5) is 46.2. The zero-order valence-corrected chi connectivity index (χ0v) is 25.0. The fraction of sp³-hybridized carbons (Fsp3) is 0.462. The van der Waals surface area contributed by atoms with Crippen LogP contribution in [0.15, 0.2) is 26.8 Å². The molecule has 2 amide bonds. The van der Waals surface area contributed by atoms with Crippen LogP contribution in [-0.4, -0.2) is 90.9 Å². The van der Waals surface area contributed by atoms with Gasteiger partial charge >= 0.3 is 5.91 Å². The molecule has 1 aromatic carbocycles. The van der Waals surface area contributed by atoms with Crippen LogP contribution in [0.3, 0.4) is 0 Å². The standard InChI is InChI=1S/C26H30ClN5O6S2/c1-14-9-19-20(12-28-14)38-24(29-19)25(35)32-8-7-31(13-17(32)11-22(34)30(3)4)40(36,37)26-23(15(2)33)18-6-5-16(27)10-21(18)39-26/h5-6,10,14,17,28H,7-9,11-13H2,1-4H3. The number of piperazine rings is 1. The minimum atomic E-state index is -4.15. The summed E-state index contributed by atoms with van der Waals surface area (Å²) >= 11 is 7.11. The zero-order chi connectivity index (χ0) is 28.9. The Morgan fingerprint density at radius 3 is 2.70 bits per heavy atom. The molecule has 1 fully saturated rings. The van der Waals surface area contributed by atoms with Crippen molar-refractivity contribution >= 4 is 60.6 Å². The lowest BCUT2D eigenvalue weighted by Gasteiger charge is -2.40. The largest absolute Gasteiger partial charge is 0.436 e. The molecule has 4 heterocycles. The Morgan fingerprint density at radius 2 is 2.00 bits per heavy atom. The Bertz CT molecular complexity index is 1610. The number of fused-ring (bicyclic) bond motifs is 2. The molecule has 2 aromatic heterocycles. The van der Waals surface area contributed by atoms with Gasteiger partial charge < -0.3 is 19.5 Å². The summed E-state index contributed by atoms with van der Waals surface area (Å²) in [7, 11) is -0.944. The number of amides is 2. The van der Waals surface area contributed by atoms with Crippen LogP contribution in [0, 0.1) is 0 Å².